The average Bonchev–Trinajstić information content (AvgIpc) is 3.52. The van der Waals surface area contributed by atoms with E-state index >= 15 is 0 Å². The first-order valence-corrected chi connectivity index (χ1v) is 12.0. The van der Waals surface area contributed by atoms with Crippen molar-refractivity contribution >= 4 is 33.2 Å². The van der Waals surface area contributed by atoms with Crippen molar-refractivity contribution in [1.29, 1.82) is 0 Å². The summed E-state index contributed by atoms with van der Waals surface area (Å²) in [6.45, 7) is 0. The second-order valence-corrected chi connectivity index (χ2v) is 9.74. The number of aromatic nitrogens is 3. The largest absolute Gasteiger partial charge is 0.341 e. The molecule has 1 aliphatic rings. The maximum Gasteiger partial charge on any atom is 0.341 e. The molecule has 1 fully saturated rings. The van der Waals surface area contributed by atoms with E-state index in [0.29, 0.717) is 11.1 Å². The zero-order valence-corrected chi connectivity index (χ0v) is 17.7. The lowest BCUT2D eigenvalue weighted by molar-refractivity contribution is -0.113. The van der Waals surface area contributed by atoms with Gasteiger partial charge in [0.2, 0.25) is 20.9 Å². The van der Waals surface area contributed by atoms with Crippen LogP contribution >= 0.6 is 11.8 Å². The van der Waals surface area contributed by atoms with Crippen LogP contribution in [-0.4, -0.2) is 40.6 Å². The summed E-state index contributed by atoms with van der Waals surface area (Å²) in [7, 11) is -4.84. The third-order valence-corrected chi connectivity index (χ3v) is 6.87. The monoisotopic (exact) mass is 464 g/mol. The van der Waals surface area contributed by atoms with Crippen molar-refractivity contribution < 1.29 is 22.0 Å². The fraction of sp³-hybridized carbons (Fsp3) is 0.250. The Bertz CT molecular complexity index is 1200. The molecule has 31 heavy (non-hydrogen) atoms. The Labute approximate surface area is 181 Å². The van der Waals surface area contributed by atoms with E-state index < -0.39 is 26.4 Å². The zero-order chi connectivity index (χ0) is 22.0. The van der Waals surface area contributed by atoms with E-state index in [1.807, 2.05) is 30.3 Å². The second-order valence-electron chi connectivity index (χ2n) is 6.91. The number of nitrogens with one attached hydrogen (secondary N) is 1. The highest BCUT2D eigenvalue weighted by molar-refractivity contribution is 7.99. The number of nitrogens with zero attached hydrogens (tertiary/aromatic N) is 3. The maximum atomic E-state index is 12.9. The Hall–Kier alpha value is -2.79. The van der Waals surface area contributed by atoms with Gasteiger partial charge >= 0.3 is 5.76 Å². The van der Waals surface area contributed by atoms with Crippen LogP contribution in [0.25, 0.3) is 5.69 Å². The van der Waals surface area contributed by atoms with Crippen LogP contribution in [0.15, 0.2) is 64.6 Å². The standard InChI is InChI=1S/C20H18F2N4O3S2/c21-19(22)31(28,29)16-9-5-4-8-15(16)23-17(27)12-30-20-24-18(13-10-11-13)26(25-20)14-6-2-1-3-7-14/h1-9,13,19H,10-12H2,(H,23,27). The van der Waals surface area contributed by atoms with E-state index in [1.54, 1.807) is 4.68 Å². The summed E-state index contributed by atoms with van der Waals surface area (Å²) in [6.07, 6.45) is 2.07. The predicted octanol–water partition coefficient (Wildman–Crippen LogP) is 3.87. The Kier molecular flexibility index (Phi) is 6.05. The minimum atomic E-state index is -4.84. The number of amides is 1. The van der Waals surface area contributed by atoms with E-state index in [2.05, 4.69) is 15.4 Å². The van der Waals surface area contributed by atoms with E-state index in [4.69, 9.17) is 0 Å². The number of hydrogen-bond donors (Lipinski definition) is 1. The van der Waals surface area contributed by atoms with Gasteiger partial charge in [-0.05, 0) is 37.1 Å². The number of alkyl halides is 2. The minimum Gasteiger partial charge on any atom is -0.324 e. The number of para-hydroxylation sites is 2. The lowest BCUT2D eigenvalue weighted by Gasteiger charge is -2.10. The molecule has 4 rings (SSSR count). The van der Waals surface area contributed by atoms with Crippen LogP contribution in [-0.2, 0) is 14.6 Å². The fourth-order valence-electron chi connectivity index (χ4n) is 2.96. The number of halogens is 2. The Morgan fingerprint density at radius 2 is 1.81 bits per heavy atom. The van der Waals surface area contributed by atoms with Crippen molar-refractivity contribution in [2.45, 2.75) is 34.6 Å². The van der Waals surface area contributed by atoms with Crippen molar-refractivity contribution in [3.8, 4) is 5.69 Å². The van der Waals surface area contributed by atoms with Gasteiger partial charge in [-0.1, -0.05) is 42.1 Å². The molecule has 1 aliphatic carbocycles. The summed E-state index contributed by atoms with van der Waals surface area (Å²) >= 11 is 1.09. The van der Waals surface area contributed by atoms with Crippen molar-refractivity contribution in [2.75, 3.05) is 11.1 Å². The number of carbonyl (C=O) groups is 1. The van der Waals surface area contributed by atoms with Gasteiger partial charge in [-0.3, -0.25) is 4.79 Å². The third-order valence-electron chi connectivity index (χ3n) is 4.59. The van der Waals surface area contributed by atoms with Crippen LogP contribution < -0.4 is 5.32 Å². The average molecular weight is 465 g/mol. The van der Waals surface area contributed by atoms with Crippen LogP contribution in [0.2, 0.25) is 0 Å². The summed E-state index contributed by atoms with van der Waals surface area (Å²) in [4.78, 5) is 16.3. The lowest BCUT2D eigenvalue weighted by Crippen LogP contribution is -2.19. The van der Waals surface area contributed by atoms with E-state index in [-0.39, 0.29) is 11.4 Å². The molecule has 0 aliphatic heterocycles. The Balaban J connectivity index is 1.47. The van der Waals surface area contributed by atoms with Crippen LogP contribution in [0.4, 0.5) is 14.5 Å². The van der Waals surface area contributed by atoms with Gasteiger partial charge in [-0.25, -0.2) is 18.1 Å². The molecule has 0 bridgehead atoms. The van der Waals surface area contributed by atoms with Crippen LogP contribution in [0.5, 0.6) is 0 Å². The highest BCUT2D eigenvalue weighted by Crippen LogP contribution is 2.40. The molecule has 0 spiro atoms. The highest BCUT2D eigenvalue weighted by atomic mass is 32.2. The van der Waals surface area contributed by atoms with Gasteiger partial charge in [0.15, 0.2) is 0 Å². The quantitative estimate of drug-likeness (QED) is 0.509. The molecular weight excluding hydrogens is 446 g/mol. The Morgan fingerprint density at radius 1 is 1.13 bits per heavy atom. The zero-order valence-electron chi connectivity index (χ0n) is 16.1. The molecule has 0 saturated heterocycles. The van der Waals surface area contributed by atoms with Crippen LogP contribution in [0.1, 0.15) is 24.6 Å². The summed E-state index contributed by atoms with van der Waals surface area (Å²) in [6, 6.07) is 14.6. The molecule has 1 saturated carbocycles. The number of rotatable bonds is 8. The van der Waals surface area contributed by atoms with E-state index in [0.717, 1.165) is 42.2 Å². The summed E-state index contributed by atoms with van der Waals surface area (Å²) < 4.78 is 51.2. The van der Waals surface area contributed by atoms with Crippen molar-refractivity contribution in [3.05, 3.63) is 60.4 Å². The first kappa shape index (κ1) is 21.4. The molecule has 1 N–H and O–H groups in total. The topological polar surface area (TPSA) is 93.9 Å². The smallest absolute Gasteiger partial charge is 0.324 e. The van der Waals surface area contributed by atoms with Gasteiger partial charge in [0.05, 0.1) is 22.0 Å². The minimum absolute atomic E-state index is 0.105. The highest BCUT2D eigenvalue weighted by Gasteiger charge is 2.31. The molecule has 1 heterocycles. The van der Waals surface area contributed by atoms with E-state index in [9.17, 15) is 22.0 Å². The number of hydrogen-bond acceptors (Lipinski definition) is 6. The predicted molar refractivity (Wildman–Crippen MR) is 112 cm³/mol. The molecule has 3 aromatic rings. The van der Waals surface area contributed by atoms with Crippen LogP contribution in [0, 0.1) is 0 Å². The first-order valence-electron chi connectivity index (χ1n) is 9.42. The van der Waals surface area contributed by atoms with Crippen LogP contribution in [0.3, 0.4) is 0 Å². The molecule has 0 atom stereocenters. The van der Waals surface area contributed by atoms with Gasteiger partial charge in [-0.2, -0.15) is 8.78 Å². The number of thioether (sulfide) groups is 1. The summed E-state index contributed by atoms with van der Waals surface area (Å²) in [5.41, 5.74) is 0.689. The van der Waals surface area contributed by atoms with Gasteiger partial charge in [0.25, 0.3) is 0 Å². The molecule has 7 nitrogen and oxygen atoms in total. The second kappa shape index (κ2) is 8.75. The Morgan fingerprint density at radius 3 is 2.48 bits per heavy atom. The fourth-order valence-corrected chi connectivity index (χ4v) is 4.48. The number of benzene rings is 2. The third kappa shape index (κ3) is 4.77. The van der Waals surface area contributed by atoms with Crippen molar-refractivity contribution in [1.82, 2.24) is 14.8 Å². The summed E-state index contributed by atoms with van der Waals surface area (Å²) in [5.74, 6) is -3.06. The first-order chi connectivity index (χ1) is 14.9. The number of anilines is 1. The van der Waals surface area contributed by atoms with Gasteiger partial charge in [0.1, 0.15) is 5.82 Å². The number of sulfone groups is 1. The number of carbonyl (C=O) groups excluding carboxylic acids is 1. The van der Waals surface area contributed by atoms with Gasteiger partial charge in [0, 0.05) is 5.92 Å². The van der Waals surface area contributed by atoms with Gasteiger partial charge < -0.3 is 5.32 Å². The summed E-state index contributed by atoms with van der Waals surface area (Å²) in [5, 5.41) is 7.30. The SMILES string of the molecule is O=C(CSc1nc(C2CC2)n(-c2ccccc2)n1)Nc1ccccc1S(=O)(=O)C(F)F. The normalized spacial score (nSPS) is 14.0. The molecule has 0 radical (unpaired) electrons. The molecule has 1 amide bonds. The van der Waals surface area contributed by atoms with E-state index in [1.165, 1.54) is 18.2 Å². The van der Waals surface area contributed by atoms with Crippen molar-refractivity contribution in [3.63, 3.8) is 0 Å². The maximum absolute atomic E-state index is 12.9. The molecule has 1 aromatic heterocycles. The van der Waals surface area contributed by atoms with Gasteiger partial charge in [-0.15, -0.1) is 5.10 Å². The van der Waals surface area contributed by atoms with Crippen molar-refractivity contribution in [2.24, 2.45) is 0 Å². The molecule has 2 aromatic carbocycles. The lowest BCUT2D eigenvalue weighted by atomic mass is 10.3. The molecular formula is C20H18F2N4O3S2. The molecule has 162 valence electrons. The molecule has 11 heteroatoms. The molecule has 0 unspecified atom stereocenters.